The normalized spacial score (nSPS) is 18.2. The second kappa shape index (κ2) is 6.84. The van der Waals surface area contributed by atoms with Crippen molar-refractivity contribution in [3.05, 3.63) is 45.5 Å². The zero-order chi connectivity index (χ0) is 17.2. The lowest BCUT2D eigenvalue weighted by atomic mass is 10.1. The number of pyridine rings is 1. The Morgan fingerprint density at radius 1 is 1.20 bits per heavy atom. The number of nitrogens with two attached hydrogens (primary N) is 1. The molecule has 0 aromatic carbocycles. The highest BCUT2D eigenvalue weighted by Gasteiger charge is 2.23. The van der Waals surface area contributed by atoms with Crippen LogP contribution in [0.1, 0.15) is 36.1 Å². The SMILES string of the molecule is Nc1nc2c(c(=O)[nH]1)CN(Cc1cccnc1N1CCCCC1)CC2. The number of nitrogen functional groups attached to an aromatic ring is 1. The van der Waals surface area contributed by atoms with Crippen LogP contribution in [-0.4, -0.2) is 39.5 Å². The van der Waals surface area contributed by atoms with Gasteiger partial charge in [-0.1, -0.05) is 6.07 Å². The molecule has 4 rings (SSSR count). The van der Waals surface area contributed by atoms with Gasteiger partial charge in [-0.05, 0) is 25.3 Å². The van der Waals surface area contributed by atoms with Crippen LogP contribution in [0.25, 0.3) is 0 Å². The lowest BCUT2D eigenvalue weighted by molar-refractivity contribution is 0.241. The molecule has 0 spiro atoms. The number of rotatable bonds is 3. The standard InChI is InChI=1S/C18H24N6O/c19-18-21-15-6-10-23(12-14(15)17(25)22-18)11-13-5-4-7-20-16(13)24-8-2-1-3-9-24/h4-5,7H,1-3,6,8-12H2,(H3,19,21,22,25). The van der Waals surface area contributed by atoms with Gasteiger partial charge in [0.15, 0.2) is 0 Å². The molecule has 0 saturated carbocycles. The van der Waals surface area contributed by atoms with Gasteiger partial charge in [-0.15, -0.1) is 0 Å². The van der Waals surface area contributed by atoms with E-state index in [0.717, 1.165) is 49.7 Å². The molecule has 4 heterocycles. The van der Waals surface area contributed by atoms with Crippen LogP contribution in [0.2, 0.25) is 0 Å². The maximum Gasteiger partial charge on any atom is 0.257 e. The third-order valence-corrected chi connectivity index (χ3v) is 5.08. The molecule has 7 heteroatoms. The zero-order valence-electron chi connectivity index (χ0n) is 14.4. The first kappa shape index (κ1) is 16.1. The van der Waals surface area contributed by atoms with Crippen molar-refractivity contribution < 1.29 is 0 Å². The third-order valence-electron chi connectivity index (χ3n) is 5.08. The number of piperidine rings is 1. The van der Waals surface area contributed by atoms with Crippen molar-refractivity contribution >= 4 is 11.8 Å². The fourth-order valence-electron chi connectivity index (χ4n) is 3.82. The van der Waals surface area contributed by atoms with E-state index in [1.54, 1.807) is 0 Å². The van der Waals surface area contributed by atoms with Crippen molar-refractivity contribution in [2.24, 2.45) is 0 Å². The van der Waals surface area contributed by atoms with Gasteiger partial charge < -0.3 is 10.6 Å². The molecule has 2 aliphatic rings. The zero-order valence-corrected chi connectivity index (χ0v) is 14.4. The average molecular weight is 340 g/mol. The van der Waals surface area contributed by atoms with Gasteiger partial charge in [0.05, 0.1) is 11.3 Å². The van der Waals surface area contributed by atoms with Gasteiger partial charge in [-0.25, -0.2) is 9.97 Å². The summed E-state index contributed by atoms with van der Waals surface area (Å²) in [6.07, 6.45) is 6.39. The number of aromatic amines is 1. The summed E-state index contributed by atoms with van der Waals surface area (Å²) in [7, 11) is 0. The Hall–Kier alpha value is -2.41. The molecule has 7 nitrogen and oxygen atoms in total. The third kappa shape index (κ3) is 3.37. The van der Waals surface area contributed by atoms with E-state index in [4.69, 9.17) is 5.73 Å². The van der Waals surface area contributed by atoms with E-state index in [0.29, 0.717) is 6.54 Å². The van der Waals surface area contributed by atoms with Gasteiger partial charge in [0.25, 0.3) is 5.56 Å². The molecule has 0 bridgehead atoms. The fourth-order valence-corrected chi connectivity index (χ4v) is 3.82. The summed E-state index contributed by atoms with van der Waals surface area (Å²) in [6, 6.07) is 4.15. The number of nitrogens with zero attached hydrogens (tertiary/aromatic N) is 4. The summed E-state index contributed by atoms with van der Waals surface area (Å²) in [5.74, 6) is 1.30. The Kier molecular flexibility index (Phi) is 4.40. The number of H-pyrrole nitrogens is 1. The van der Waals surface area contributed by atoms with Gasteiger partial charge in [-0.3, -0.25) is 14.7 Å². The number of aromatic nitrogens is 3. The van der Waals surface area contributed by atoms with Crippen LogP contribution in [0.4, 0.5) is 11.8 Å². The molecule has 2 aromatic rings. The number of hydrogen-bond acceptors (Lipinski definition) is 6. The molecular formula is C18H24N6O. The lowest BCUT2D eigenvalue weighted by Crippen LogP contribution is -2.36. The van der Waals surface area contributed by atoms with E-state index >= 15 is 0 Å². The van der Waals surface area contributed by atoms with Crippen molar-refractivity contribution in [1.29, 1.82) is 0 Å². The first-order chi connectivity index (χ1) is 12.2. The monoisotopic (exact) mass is 340 g/mol. The van der Waals surface area contributed by atoms with Crippen LogP contribution in [0.3, 0.4) is 0 Å². The Bertz CT molecular complexity index is 811. The maximum atomic E-state index is 12.2. The van der Waals surface area contributed by atoms with E-state index in [-0.39, 0.29) is 11.5 Å². The van der Waals surface area contributed by atoms with Crippen LogP contribution in [-0.2, 0) is 19.5 Å². The summed E-state index contributed by atoms with van der Waals surface area (Å²) in [6.45, 7) is 4.43. The molecule has 0 amide bonds. The lowest BCUT2D eigenvalue weighted by Gasteiger charge is -2.32. The first-order valence-electron chi connectivity index (χ1n) is 8.99. The molecule has 0 unspecified atom stereocenters. The minimum Gasteiger partial charge on any atom is -0.369 e. The van der Waals surface area contributed by atoms with Crippen molar-refractivity contribution in [3.8, 4) is 0 Å². The summed E-state index contributed by atoms with van der Waals surface area (Å²) < 4.78 is 0. The molecule has 0 atom stereocenters. The smallest absolute Gasteiger partial charge is 0.257 e. The van der Waals surface area contributed by atoms with Gasteiger partial charge in [0, 0.05) is 50.9 Å². The van der Waals surface area contributed by atoms with E-state index in [9.17, 15) is 4.79 Å². The Morgan fingerprint density at radius 2 is 2.04 bits per heavy atom. The molecule has 25 heavy (non-hydrogen) atoms. The van der Waals surface area contributed by atoms with Crippen LogP contribution in [0.15, 0.2) is 23.1 Å². The number of fused-ring (bicyclic) bond motifs is 1. The minimum absolute atomic E-state index is 0.116. The van der Waals surface area contributed by atoms with E-state index in [2.05, 4.69) is 30.8 Å². The molecule has 2 aliphatic heterocycles. The highest BCUT2D eigenvalue weighted by atomic mass is 16.1. The number of nitrogens with one attached hydrogen (secondary N) is 1. The summed E-state index contributed by atoms with van der Waals surface area (Å²) in [5.41, 5.74) is 8.34. The average Bonchev–Trinajstić information content (AvgIpc) is 2.63. The summed E-state index contributed by atoms with van der Waals surface area (Å²) >= 11 is 0. The highest BCUT2D eigenvalue weighted by Crippen LogP contribution is 2.24. The summed E-state index contributed by atoms with van der Waals surface area (Å²) in [5, 5.41) is 0. The first-order valence-corrected chi connectivity index (χ1v) is 8.99. The molecule has 3 N–H and O–H groups in total. The van der Waals surface area contributed by atoms with Crippen LogP contribution >= 0.6 is 0 Å². The molecule has 1 fully saturated rings. The van der Waals surface area contributed by atoms with Crippen molar-refractivity contribution in [2.75, 3.05) is 30.3 Å². The number of anilines is 2. The minimum atomic E-state index is -0.116. The van der Waals surface area contributed by atoms with Gasteiger partial charge in [-0.2, -0.15) is 0 Å². The molecule has 1 saturated heterocycles. The predicted octanol–water partition coefficient (Wildman–Crippen LogP) is 1.30. The van der Waals surface area contributed by atoms with E-state index in [1.807, 2.05) is 12.3 Å². The van der Waals surface area contributed by atoms with Gasteiger partial charge in [0.1, 0.15) is 5.82 Å². The van der Waals surface area contributed by atoms with E-state index in [1.165, 1.54) is 24.8 Å². The van der Waals surface area contributed by atoms with Crippen molar-refractivity contribution in [3.63, 3.8) is 0 Å². The van der Waals surface area contributed by atoms with Crippen LogP contribution in [0.5, 0.6) is 0 Å². The van der Waals surface area contributed by atoms with Crippen LogP contribution < -0.4 is 16.2 Å². The largest absolute Gasteiger partial charge is 0.369 e. The number of hydrogen-bond donors (Lipinski definition) is 2. The Morgan fingerprint density at radius 3 is 2.88 bits per heavy atom. The highest BCUT2D eigenvalue weighted by molar-refractivity contribution is 5.47. The van der Waals surface area contributed by atoms with Crippen LogP contribution in [0, 0.1) is 0 Å². The molecule has 2 aromatic heterocycles. The topological polar surface area (TPSA) is 91.1 Å². The second-order valence-electron chi connectivity index (χ2n) is 6.87. The molecule has 0 radical (unpaired) electrons. The Balaban J connectivity index is 1.54. The second-order valence-corrected chi connectivity index (χ2v) is 6.87. The molecule has 0 aliphatic carbocycles. The quantitative estimate of drug-likeness (QED) is 0.875. The van der Waals surface area contributed by atoms with Crippen molar-refractivity contribution in [1.82, 2.24) is 19.9 Å². The molecular weight excluding hydrogens is 316 g/mol. The van der Waals surface area contributed by atoms with Crippen molar-refractivity contribution in [2.45, 2.75) is 38.8 Å². The predicted molar refractivity (Wildman–Crippen MR) is 97.4 cm³/mol. The summed E-state index contributed by atoms with van der Waals surface area (Å²) in [4.78, 5) is 28.4. The molecule has 132 valence electrons. The van der Waals surface area contributed by atoms with Gasteiger partial charge in [0.2, 0.25) is 5.95 Å². The van der Waals surface area contributed by atoms with E-state index < -0.39 is 0 Å². The Labute approximate surface area is 146 Å². The fraction of sp³-hybridized carbons (Fsp3) is 0.500. The maximum absolute atomic E-state index is 12.2. The van der Waals surface area contributed by atoms with Gasteiger partial charge >= 0.3 is 0 Å².